The topological polar surface area (TPSA) is 70.2 Å². The van der Waals surface area contributed by atoms with Crippen LogP contribution in [0.2, 0.25) is 0 Å². The first-order chi connectivity index (χ1) is 14.6. The second-order valence-electron chi connectivity index (χ2n) is 6.77. The zero-order valence-electron chi connectivity index (χ0n) is 16.8. The number of carbonyl (C=O) groups is 2. The Bertz CT molecular complexity index is 945. The summed E-state index contributed by atoms with van der Waals surface area (Å²) in [5, 5.41) is 3.29. The molecule has 1 atom stereocenters. The van der Waals surface area contributed by atoms with Gasteiger partial charge in [-0.3, -0.25) is 25.8 Å². The molecule has 5 heteroatoms. The first kappa shape index (κ1) is 21.0. The van der Waals surface area contributed by atoms with E-state index in [9.17, 15) is 9.59 Å². The molecule has 30 heavy (non-hydrogen) atoms. The van der Waals surface area contributed by atoms with Crippen molar-refractivity contribution in [3.63, 3.8) is 0 Å². The normalized spacial score (nSPS) is 11.2. The van der Waals surface area contributed by atoms with Crippen LogP contribution >= 0.6 is 0 Å². The van der Waals surface area contributed by atoms with Crippen molar-refractivity contribution in [1.29, 1.82) is 0 Å². The summed E-state index contributed by atoms with van der Waals surface area (Å²) in [6, 6.07) is 29.1. The van der Waals surface area contributed by atoms with Gasteiger partial charge >= 0.3 is 0 Å². The Labute approximate surface area is 176 Å². The van der Waals surface area contributed by atoms with Crippen molar-refractivity contribution in [3.05, 3.63) is 114 Å². The van der Waals surface area contributed by atoms with E-state index in [1.165, 1.54) is 6.92 Å². The van der Waals surface area contributed by atoms with Crippen molar-refractivity contribution in [2.75, 3.05) is 6.54 Å². The molecule has 0 aliphatic rings. The molecule has 0 saturated heterocycles. The fourth-order valence-electron chi connectivity index (χ4n) is 3.15. The molecule has 152 valence electrons. The van der Waals surface area contributed by atoms with Gasteiger partial charge in [0.25, 0.3) is 5.91 Å². The van der Waals surface area contributed by atoms with Gasteiger partial charge in [0.05, 0.1) is 0 Å². The molecule has 0 aliphatic heterocycles. The molecule has 0 aromatic heterocycles. The third-order valence-electron chi connectivity index (χ3n) is 4.55. The Morgan fingerprint density at radius 1 is 0.767 bits per heavy atom. The van der Waals surface area contributed by atoms with E-state index in [4.69, 9.17) is 0 Å². The molecule has 0 bridgehead atoms. The van der Waals surface area contributed by atoms with E-state index in [0.717, 1.165) is 22.3 Å². The minimum Gasteiger partial charge on any atom is -0.299 e. The second kappa shape index (κ2) is 10.7. The number of hydrogen-bond acceptors (Lipinski definition) is 3. The van der Waals surface area contributed by atoms with Gasteiger partial charge in [-0.05, 0) is 22.3 Å². The van der Waals surface area contributed by atoms with Gasteiger partial charge in [0.2, 0.25) is 5.91 Å². The van der Waals surface area contributed by atoms with Crippen molar-refractivity contribution in [2.45, 2.75) is 13.0 Å². The highest BCUT2D eigenvalue weighted by molar-refractivity contribution is 5.85. The molecule has 3 aromatic carbocycles. The maximum Gasteiger partial charge on any atom is 0.260 e. The summed E-state index contributed by atoms with van der Waals surface area (Å²) in [5.74, 6) is -0.656. The zero-order chi connectivity index (χ0) is 21.2. The molecule has 0 fully saturated rings. The quantitative estimate of drug-likeness (QED) is 0.532. The molecule has 3 rings (SSSR count). The van der Waals surface area contributed by atoms with Crippen LogP contribution in [0.1, 0.15) is 29.7 Å². The highest BCUT2D eigenvalue weighted by atomic mass is 16.2. The summed E-state index contributed by atoms with van der Waals surface area (Å²) in [5.41, 5.74) is 8.91. The van der Waals surface area contributed by atoms with Crippen LogP contribution in [0, 0.1) is 0 Å². The Kier molecular flexibility index (Phi) is 7.52. The summed E-state index contributed by atoms with van der Waals surface area (Å²) in [6.07, 6.45) is 2.08. The highest BCUT2D eigenvalue weighted by Crippen LogP contribution is 2.23. The third kappa shape index (κ3) is 5.90. The number of carbonyl (C=O) groups excluding carboxylic acids is 2. The first-order valence-electron chi connectivity index (χ1n) is 9.81. The third-order valence-corrected chi connectivity index (χ3v) is 4.55. The fraction of sp³-hybridized carbons (Fsp3) is 0.120. The number of amides is 2. The molecule has 3 aromatic rings. The van der Waals surface area contributed by atoms with Gasteiger partial charge < -0.3 is 0 Å². The second-order valence-corrected chi connectivity index (χ2v) is 6.77. The Morgan fingerprint density at radius 2 is 1.27 bits per heavy atom. The van der Waals surface area contributed by atoms with E-state index in [1.54, 1.807) is 0 Å². The molecule has 0 radical (unpaired) electrons. The summed E-state index contributed by atoms with van der Waals surface area (Å²) < 4.78 is 0. The van der Waals surface area contributed by atoms with E-state index in [2.05, 4.69) is 46.5 Å². The Hall–Kier alpha value is -3.70. The fourth-order valence-corrected chi connectivity index (χ4v) is 3.15. The van der Waals surface area contributed by atoms with Crippen molar-refractivity contribution in [1.82, 2.24) is 16.2 Å². The number of hydrazine groups is 1. The predicted octanol–water partition coefficient (Wildman–Crippen LogP) is 3.62. The van der Waals surface area contributed by atoms with E-state index in [1.807, 2.05) is 66.7 Å². The van der Waals surface area contributed by atoms with Crippen molar-refractivity contribution >= 4 is 17.4 Å². The van der Waals surface area contributed by atoms with E-state index in [-0.39, 0.29) is 11.8 Å². The summed E-state index contributed by atoms with van der Waals surface area (Å²) in [7, 11) is 0. The molecule has 3 N–H and O–H groups in total. The molecule has 0 spiro atoms. The average Bonchev–Trinajstić information content (AvgIpc) is 2.79. The monoisotopic (exact) mass is 399 g/mol. The minimum atomic E-state index is -0.609. The van der Waals surface area contributed by atoms with Gasteiger partial charge in [-0.25, -0.2) is 0 Å². The molecule has 0 saturated carbocycles. The highest BCUT2D eigenvalue weighted by Gasteiger charge is 2.19. The van der Waals surface area contributed by atoms with Crippen LogP contribution in [-0.4, -0.2) is 18.4 Å². The van der Waals surface area contributed by atoms with Gasteiger partial charge in [0, 0.05) is 13.5 Å². The first-order valence-corrected chi connectivity index (χ1v) is 9.81. The smallest absolute Gasteiger partial charge is 0.260 e. The maximum absolute atomic E-state index is 12.7. The van der Waals surface area contributed by atoms with Crippen LogP contribution < -0.4 is 16.2 Å². The SMILES string of the molecule is CC(=O)NNC(=O)[C@H](NCC=C(c1ccccc1)c1ccccc1)c1ccccc1. The van der Waals surface area contributed by atoms with E-state index < -0.39 is 6.04 Å². The minimum absolute atomic E-state index is 0.328. The van der Waals surface area contributed by atoms with Crippen LogP contribution in [0.4, 0.5) is 0 Å². The number of nitrogens with one attached hydrogen (secondary N) is 3. The predicted molar refractivity (Wildman–Crippen MR) is 119 cm³/mol. The Balaban J connectivity index is 1.82. The molecule has 0 heterocycles. The number of hydrogen-bond donors (Lipinski definition) is 3. The molecule has 5 nitrogen and oxygen atoms in total. The van der Waals surface area contributed by atoms with Crippen molar-refractivity contribution < 1.29 is 9.59 Å². The summed E-state index contributed by atoms with van der Waals surface area (Å²) in [6.45, 7) is 1.81. The lowest BCUT2D eigenvalue weighted by molar-refractivity contribution is -0.129. The molecule has 0 unspecified atom stereocenters. The van der Waals surface area contributed by atoms with Crippen molar-refractivity contribution in [3.8, 4) is 0 Å². The van der Waals surface area contributed by atoms with Crippen LogP contribution in [0.15, 0.2) is 97.1 Å². The van der Waals surface area contributed by atoms with Gasteiger partial charge in [-0.15, -0.1) is 0 Å². The van der Waals surface area contributed by atoms with Gasteiger partial charge in [-0.1, -0.05) is 97.1 Å². The van der Waals surface area contributed by atoms with E-state index >= 15 is 0 Å². The molecular weight excluding hydrogens is 374 g/mol. The van der Waals surface area contributed by atoms with Crippen molar-refractivity contribution in [2.24, 2.45) is 0 Å². The Morgan fingerprint density at radius 3 is 1.77 bits per heavy atom. The average molecular weight is 399 g/mol. The molecule has 0 aliphatic carbocycles. The van der Waals surface area contributed by atoms with Gasteiger partial charge in [0.1, 0.15) is 6.04 Å². The molecule has 2 amide bonds. The lowest BCUT2D eigenvalue weighted by Crippen LogP contribution is -2.46. The largest absolute Gasteiger partial charge is 0.299 e. The summed E-state index contributed by atoms with van der Waals surface area (Å²) in [4.78, 5) is 23.8. The van der Waals surface area contributed by atoms with Gasteiger partial charge in [-0.2, -0.15) is 0 Å². The lowest BCUT2D eigenvalue weighted by Gasteiger charge is -2.18. The molecular formula is C25H25N3O2. The van der Waals surface area contributed by atoms with Crippen LogP contribution in [0.25, 0.3) is 5.57 Å². The number of rotatable bonds is 7. The summed E-state index contributed by atoms with van der Waals surface area (Å²) >= 11 is 0. The van der Waals surface area contributed by atoms with Crippen LogP contribution in [0.3, 0.4) is 0 Å². The maximum atomic E-state index is 12.7. The number of benzene rings is 3. The van der Waals surface area contributed by atoms with Crippen LogP contribution in [0.5, 0.6) is 0 Å². The van der Waals surface area contributed by atoms with Crippen LogP contribution in [-0.2, 0) is 9.59 Å². The van der Waals surface area contributed by atoms with Gasteiger partial charge in [0.15, 0.2) is 0 Å². The lowest BCUT2D eigenvalue weighted by atomic mass is 9.97. The van der Waals surface area contributed by atoms with E-state index in [0.29, 0.717) is 6.54 Å². The standard InChI is InChI=1S/C25H25N3O2/c1-19(29)27-28-25(30)24(22-15-9-4-10-16-22)26-18-17-23(20-11-5-2-6-12-20)21-13-7-3-8-14-21/h2-17,24,26H,18H2,1H3,(H,27,29)(H,28,30)/t24-/m1/s1. The zero-order valence-corrected chi connectivity index (χ0v) is 16.8.